The Morgan fingerprint density at radius 2 is 1.97 bits per heavy atom. The Morgan fingerprint density at radius 1 is 1.18 bits per heavy atom. The van der Waals surface area contributed by atoms with Gasteiger partial charge in [-0.1, -0.05) is 13.0 Å². The number of rotatable bonds is 8. The fourth-order valence-corrected chi connectivity index (χ4v) is 4.47. The van der Waals surface area contributed by atoms with E-state index in [0.29, 0.717) is 29.4 Å². The molecule has 1 fully saturated rings. The molecule has 1 saturated heterocycles. The summed E-state index contributed by atoms with van der Waals surface area (Å²) in [6.07, 6.45) is 3.53. The van der Waals surface area contributed by atoms with Gasteiger partial charge in [0.1, 0.15) is 22.7 Å². The fraction of sp³-hybridized carbons (Fsp3) is 0.440. The number of hydrogen-bond acceptors (Lipinski definition) is 5. The van der Waals surface area contributed by atoms with Crippen LogP contribution in [0.15, 0.2) is 47.3 Å². The smallest absolute Gasteiger partial charge is 0.387 e. The number of benzene rings is 2. The van der Waals surface area contributed by atoms with Gasteiger partial charge in [0.15, 0.2) is 0 Å². The summed E-state index contributed by atoms with van der Waals surface area (Å²) in [6, 6.07) is 11.6. The number of hydrogen-bond donors (Lipinski definition) is 0. The third kappa shape index (κ3) is 5.50. The molecule has 0 unspecified atom stereocenters. The first kappa shape index (κ1) is 23.2. The van der Waals surface area contributed by atoms with Crippen LogP contribution in [0, 0.1) is 12.8 Å². The van der Waals surface area contributed by atoms with Gasteiger partial charge in [-0.05, 0) is 75.0 Å². The van der Waals surface area contributed by atoms with Crippen molar-refractivity contribution in [3.05, 3.63) is 58.6 Å². The van der Waals surface area contributed by atoms with Crippen LogP contribution in [0.4, 0.5) is 8.78 Å². The third-order valence-corrected chi connectivity index (χ3v) is 5.97. The molecule has 2 heterocycles. The van der Waals surface area contributed by atoms with Gasteiger partial charge in [-0.2, -0.15) is 8.78 Å². The summed E-state index contributed by atoms with van der Waals surface area (Å²) in [5, 5.41) is 0.0238. The topological polar surface area (TPSA) is 56.6 Å². The number of piperidine rings is 1. The zero-order valence-corrected chi connectivity index (χ0v) is 19.0. The van der Waals surface area contributed by atoms with Gasteiger partial charge >= 0.3 is 6.61 Å². The maximum Gasteiger partial charge on any atom is 0.387 e. The van der Waals surface area contributed by atoms with Gasteiger partial charge in [0, 0.05) is 13.1 Å². The second kappa shape index (κ2) is 10.3. The number of aromatic nitrogens is 2. The minimum atomic E-state index is -3.03. The standard InChI is InChI=1S/C25H29F2N3O3/c1-17-6-4-13-29(16-17)14-5-15-32-20-11-9-19(10-12-20)30-18(2)28-21-7-3-8-22(33-25(26)27)23(21)24(30)31/h3,7-12,17,25H,4-6,13-16H2,1-2H3/t17-/m0/s1. The Bertz CT molecular complexity index is 1150. The van der Waals surface area contributed by atoms with Crippen molar-refractivity contribution >= 4 is 10.9 Å². The first-order valence-corrected chi connectivity index (χ1v) is 11.3. The molecule has 1 aliphatic heterocycles. The molecule has 2 aromatic carbocycles. The van der Waals surface area contributed by atoms with Crippen LogP contribution >= 0.6 is 0 Å². The minimum absolute atomic E-state index is 0.0238. The van der Waals surface area contributed by atoms with Crippen molar-refractivity contribution in [1.29, 1.82) is 0 Å². The van der Waals surface area contributed by atoms with E-state index < -0.39 is 12.2 Å². The van der Waals surface area contributed by atoms with Crippen LogP contribution in [0.1, 0.15) is 32.0 Å². The molecule has 0 amide bonds. The van der Waals surface area contributed by atoms with Crippen molar-refractivity contribution in [2.75, 3.05) is 26.2 Å². The second-order valence-electron chi connectivity index (χ2n) is 8.57. The highest BCUT2D eigenvalue weighted by atomic mass is 19.3. The van der Waals surface area contributed by atoms with Gasteiger partial charge in [-0.3, -0.25) is 9.36 Å². The third-order valence-electron chi connectivity index (χ3n) is 5.97. The fourth-order valence-electron chi connectivity index (χ4n) is 4.47. The molecule has 0 aliphatic carbocycles. The van der Waals surface area contributed by atoms with E-state index in [1.165, 1.54) is 29.5 Å². The van der Waals surface area contributed by atoms with E-state index in [1.807, 2.05) is 0 Å². The van der Waals surface area contributed by atoms with Crippen molar-refractivity contribution < 1.29 is 18.3 Å². The SMILES string of the molecule is Cc1nc2cccc(OC(F)F)c2c(=O)n1-c1ccc(OCCCN2CCC[C@H](C)C2)cc1. The molecule has 8 heteroatoms. The second-order valence-corrected chi connectivity index (χ2v) is 8.57. The van der Waals surface area contributed by atoms with Crippen LogP contribution in [0.2, 0.25) is 0 Å². The summed E-state index contributed by atoms with van der Waals surface area (Å²) < 4.78 is 37.4. The van der Waals surface area contributed by atoms with Crippen LogP contribution in [0.5, 0.6) is 11.5 Å². The lowest BCUT2D eigenvalue weighted by Crippen LogP contribution is -2.35. The van der Waals surface area contributed by atoms with Crippen LogP contribution in [0.3, 0.4) is 0 Å². The largest absolute Gasteiger partial charge is 0.494 e. The molecule has 0 radical (unpaired) electrons. The Kier molecular flexibility index (Phi) is 7.23. The quantitative estimate of drug-likeness (QED) is 0.455. The van der Waals surface area contributed by atoms with Crippen LogP contribution in [0.25, 0.3) is 16.6 Å². The Morgan fingerprint density at radius 3 is 2.70 bits per heavy atom. The van der Waals surface area contributed by atoms with Crippen molar-refractivity contribution in [3.8, 4) is 17.2 Å². The molecular weight excluding hydrogens is 428 g/mol. The van der Waals surface area contributed by atoms with Gasteiger partial charge < -0.3 is 14.4 Å². The molecule has 0 N–H and O–H groups in total. The van der Waals surface area contributed by atoms with E-state index in [4.69, 9.17) is 4.74 Å². The summed E-state index contributed by atoms with van der Waals surface area (Å²) in [5.41, 5.74) is 0.432. The Hall–Kier alpha value is -3.00. The molecule has 1 aromatic heterocycles. The van der Waals surface area contributed by atoms with E-state index in [-0.39, 0.29) is 11.1 Å². The van der Waals surface area contributed by atoms with Crippen molar-refractivity contribution in [2.24, 2.45) is 5.92 Å². The monoisotopic (exact) mass is 457 g/mol. The summed E-state index contributed by atoms with van der Waals surface area (Å²) >= 11 is 0. The molecule has 4 rings (SSSR count). The number of alkyl halides is 2. The van der Waals surface area contributed by atoms with Gasteiger partial charge in [-0.15, -0.1) is 0 Å². The van der Waals surface area contributed by atoms with Crippen molar-refractivity contribution in [2.45, 2.75) is 39.7 Å². The van der Waals surface area contributed by atoms with Crippen LogP contribution in [-0.2, 0) is 0 Å². The molecule has 0 saturated carbocycles. The number of aryl methyl sites for hydroxylation is 1. The lowest BCUT2D eigenvalue weighted by molar-refractivity contribution is -0.0488. The lowest BCUT2D eigenvalue weighted by Gasteiger charge is -2.30. The normalized spacial score (nSPS) is 16.9. The number of ether oxygens (including phenoxy) is 2. The van der Waals surface area contributed by atoms with E-state index >= 15 is 0 Å². The number of fused-ring (bicyclic) bond motifs is 1. The molecule has 33 heavy (non-hydrogen) atoms. The number of likely N-dealkylation sites (tertiary alicyclic amines) is 1. The summed E-state index contributed by atoms with van der Waals surface area (Å²) in [6.45, 7) is 4.95. The highest BCUT2D eigenvalue weighted by molar-refractivity contribution is 5.84. The molecule has 6 nitrogen and oxygen atoms in total. The first-order chi connectivity index (χ1) is 15.9. The van der Waals surface area contributed by atoms with E-state index in [2.05, 4.69) is 21.5 Å². The Labute approximate surface area is 191 Å². The molecule has 0 bridgehead atoms. The van der Waals surface area contributed by atoms with Gasteiger partial charge in [0.25, 0.3) is 5.56 Å². The predicted molar refractivity (Wildman–Crippen MR) is 124 cm³/mol. The maximum absolute atomic E-state index is 13.2. The summed E-state index contributed by atoms with van der Waals surface area (Å²) in [4.78, 5) is 20.1. The van der Waals surface area contributed by atoms with E-state index in [9.17, 15) is 13.6 Å². The zero-order chi connectivity index (χ0) is 23.4. The summed E-state index contributed by atoms with van der Waals surface area (Å²) in [7, 11) is 0. The number of halogens is 2. The molecule has 0 spiro atoms. The van der Waals surface area contributed by atoms with Crippen molar-refractivity contribution in [1.82, 2.24) is 14.5 Å². The average molecular weight is 458 g/mol. The molecular formula is C25H29F2N3O3. The zero-order valence-electron chi connectivity index (χ0n) is 19.0. The predicted octanol–water partition coefficient (Wildman–Crippen LogP) is 4.80. The van der Waals surface area contributed by atoms with E-state index in [1.54, 1.807) is 37.3 Å². The number of nitrogens with zero attached hydrogens (tertiary/aromatic N) is 3. The molecule has 1 atom stereocenters. The van der Waals surface area contributed by atoms with Gasteiger partial charge in [0.2, 0.25) is 0 Å². The average Bonchev–Trinajstić information content (AvgIpc) is 2.77. The van der Waals surface area contributed by atoms with E-state index in [0.717, 1.165) is 32.0 Å². The van der Waals surface area contributed by atoms with Gasteiger partial charge in [0.05, 0.1) is 17.8 Å². The molecule has 3 aromatic rings. The first-order valence-electron chi connectivity index (χ1n) is 11.3. The van der Waals surface area contributed by atoms with Gasteiger partial charge in [-0.25, -0.2) is 4.98 Å². The Balaban J connectivity index is 1.47. The summed E-state index contributed by atoms with van der Waals surface area (Å²) in [5.74, 6) is 1.75. The van der Waals surface area contributed by atoms with Crippen LogP contribution < -0.4 is 15.0 Å². The minimum Gasteiger partial charge on any atom is -0.494 e. The lowest BCUT2D eigenvalue weighted by atomic mass is 10.0. The highest BCUT2D eigenvalue weighted by Gasteiger charge is 2.17. The molecule has 1 aliphatic rings. The molecule has 176 valence electrons. The highest BCUT2D eigenvalue weighted by Crippen LogP contribution is 2.24. The maximum atomic E-state index is 13.2. The van der Waals surface area contributed by atoms with Crippen molar-refractivity contribution in [3.63, 3.8) is 0 Å². The van der Waals surface area contributed by atoms with Crippen LogP contribution in [-0.4, -0.2) is 47.3 Å².